The molecule has 0 bridgehead atoms. The minimum Gasteiger partial charge on any atom is -0.376 e. The Bertz CT molecular complexity index is 443. The number of hydrogen-bond acceptors (Lipinski definition) is 3. The van der Waals surface area contributed by atoms with E-state index in [1.54, 1.807) is 0 Å². The summed E-state index contributed by atoms with van der Waals surface area (Å²) in [5.74, 6) is 1.65. The molecule has 160 valence electrons. The van der Waals surface area contributed by atoms with E-state index < -0.39 is 10.8 Å². The molecule has 0 radical (unpaired) electrons. The third-order valence-corrected chi connectivity index (χ3v) is 7.23. The van der Waals surface area contributed by atoms with E-state index in [2.05, 4.69) is 17.6 Å². The van der Waals surface area contributed by atoms with Crippen molar-refractivity contribution in [3.05, 3.63) is 0 Å². The normalized spacial score (nSPS) is 25.9. The maximum atomic E-state index is 12.1. The van der Waals surface area contributed by atoms with Crippen molar-refractivity contribution in [3.8, 4) is 0 Å². The molecule has 0 aliphatic heterocycles. The second-order valence-corrected chi connectivity index (χ2v) is 9.55. The van der Waals surface area contributed by atoms with Crippen LogP contribution < -0.4 is 10.6 Å². The van der Waals surface area contributed by atoms with E-state index in [-0.39, 0.29) is 24.0 Å². The van der Waals surface area contributed by atoms with Crippen molar-refractivity contribution in [3.63, 3.8) is 0 Å². The zero-order valence-corrected chi connectivity index (χ0v) is 20.4. The summed E-state index contributed by atoms with van der Waals surface area (Å²) in [6.07, 6.45) is 12.6. The Kier molecular flexibility index (Phi) is 14.0. The first-order valence-electron chi connectivity index (χ1n) is 10.8. The highest BCUT2D eigenvalue weighted by Crippen LogP contribution is 2.23. The zero-order valence-electron chi connectivity index (χ0n) is 17.2. The molecule has 0 aromatic carbocycles. The van der Waals surface area contributed by atoms with E-state index in [0.29, 0.717) is 30.5 Å². The van der Waals surface area contributed by atoms with Crippen LogP contribution in [0.15, 0.2) is 4.99 Å². The molecule has 0 aromatic rings. The lowest BCUT2D eigenvalue weighted by atomic mass is 9.95. The number of aliphatic imine (C=N–C) groups is 1. The van der Waals surface area contributed by atoms with Gasteiger partial charge in [-0.1, -0.05) is 39.0 Å². The lowest BCUT2D eigenvalue weighted by Gasteiger charge is -2.30. The molecule has 2 rings (SSSR count). The van der Waals surface area contributed by atoms with Gasteiger partial charge in [0.1, 0.15) is 0 Å². The Balaban J connectivity index is 0.00000364. The molecule has 0 saturated heterocycles. The number of nitrogens with zero attached hydrogens (tertiary/aromatic N) is 1. The molecule has 3 atom stereocenters. The highest BCUT2D eigenvalue weighted by Gasteiger charge is 2.26. The summed E-state index contributed by atoms with van der Waals surface area (Å²) >= 11 is 0. The van der Waals surface area contributed by atoms with Gasteiger partial charge in [0, 0.05) is 34.4 Å². The second-order valence-electron chi connectivity index (χ2n) is 7.54. The largest absolute Gasteiger partial charge is 0.376 e. The average molecular weight is 514 g/mol. The topological polar surface area (TPSA) is 62.7 Å². The van der Waals surface area contributed by atoms with Crippen LogP contribution in [0, 0.1) is 0 Å². The van der Waals surface area contributed by atoms with Gasteiger partial charge >= 0.3 is 0 Å². The molecular weight excluding hydrogens is 473 g/mol. The number of ether oxygens (including phenoxy) is 1. The van der Waals surface area contributed by atoms with Crippen molar-refractivity contribution in [2.75, 3.05) is 25.4 Å². The van der Waals surface area contributed by atoms with Crippen molar-refractivity contribution in [1.29, 1.82) is 0 Å². The van der Waals surface area contributed by atoms with Gasteiger partial charge in [0.05, 0.1) is 19.3 Å². The summed E-state index contributed by atoms with van der Waals surface area (Å²) in [7, 11) is -0.684. The Morgan fingerprint density at radius 1 is 1.07 bits per heavy atom. The van der Waals surface area contributed by atoms with Crippen LogP contribution in [0.1, 0.15) is 78.1 Å². The van der Waals surface area contributed by atoms with Gasteiger partial charge in [0.2, 0.25) is 0 Å². The van der Waals surface area contributed by atoms with Gasteiger partial charge in [-0.25, -0.2) is 0 Å². The van der Waals surface area contributed by atoms with Crippen molar-refractivity contribution >= 4 is 40.7 Å². The number of halogens is 1. The number of guanidine groups is 1. The summed E-state index contributed by atoms with van der Waals surface area (Å²) in [6.45, 7) is 6.37. The molecule has 2 N–H and O–H groups in total. The third kappa shape index (κ3) is 9.92. The van der Waals surface area contributed by atoms with E-state index in [1.807, 2.05) is 6.92 Å². The van der Waals surface area contributed by atoms with Crippen LogP contribution in [0.4, 0.5) is 0 Å². The molecule has 2 aliphatic rings. The lowest BCUT2D eigenvalue weighted by molar-refractivity contribution is 0.0487. The Morgan fingerprint density at radius 3 is 2.48 bits per heavy atom. The standard InChI is InChI=1S/C20H39N3O2S.HI/c1-3-21-20(22-14-15-25-18-11-7-5-6-8-12-18)23-17-10-9-13-19(16-17)26(24)4-2;/h17-19H,3-16H2,1-2H3,(H2,21,22,23);1H. The third-order valence-electron chi connectivity index (χ3n) is 5.48. The molecule has 2 aliphatic carbocycles. The van der Waals surface area contributed by atoms with Gasteiger partial charge in [0.15, 0.2) is 5.96 Å². The van der Waals surface area contributed by atoms with E-state index in [0.717, 1.165) is 43.9 Å². The maximum Gasteiger partial charge on any atom is 0.191 e. The predicted octanol–water partition coefficient (Wildman–Crippen LogP) is 3.98. The monoisotopic (exact) mass is 513 g/mol. The summed E-state index contributed by atoms with van der Waals surface area (Å²) in [6, 6.07) is 0.379. The molecule has 0 heterocycles. The molecule has 5 nitrogen and oxygen atoms in total. The van der Waals surface area contributed by atoms with Gasteiger partial charge in [-0.2, -0.15) is 0 Å². The molecule has 0 amide bonds. The van der Waals surface area contributed by atoms with Crippen LogP contribution in [0.3, 0.4) is 0 Å². The fraction of sp³-hybridized carbons (Fsp3) is 0.950. The van der Waals surface area contributed by atoms with Crippen LogP contribution in [-0.4, -0.2) is 53.0 Å². The highest BCUT2D eigenvalue weighted by molar-refractivity contribution is 14.0. The van der Waals surface area contributed by atoms with Gasteiger partial charge in [-0.05, 0) is 39.0 Å². The molecule has 3 unspecified atom stereocenters. The summed E-state index contributed by atoms with van der Waals surface area (Å²) < 4.78 is 18.2. The fourth-order valence-electron chi connectivity index (χ4n) is 4.05. The molecular formula is C20H40IN3O2S. The van der Waals surface area contributed by atoms with Crippen molar-refractivity contribution in [2.45, 2.75) is 95.5 Å². The van der Waals surface area contributed by atoms with Crippen molar-refractivity contribution in [1.82, 2.24) is 10.6 Å². The van der Waals surface area contributed by atoms with Gasteiger partial charge in [0.25, 0.3) is 0 Å². The molecule has 0 aromatic heterocycles. The smallest absolute Gasteiger partial charge is 0.191 e. The molecule has 2 fully saturated rings. The molecule has 0 spiro atoms. The van der Waals surface area contributed by atoms with Gasteiger partial charge < -0.3 is 15.4 Å². The predicted molar refractivity (Wildman–Crippen MR) is 127 cm³/mol. The minimum atomic E-state index is -0.684. The summed E-state index contributed by atoms with van der Waals surface area (Å²) in [4.78, 5) is 4.70. The number of nitrogens with one attached hydrogen (secondary N) is 2. The first-order chi connectivity index (χ1) is 12.7. The van der Waals surface area contributed by atoms with Crippen LogP contribution in [-0.2, 0) is 15.5 Å². The zero-order chi connectivity index (χ0) is 18.6. The lowest BCUT2D eigenvalue weighted by Crippen LogP contribution is -2.46. The first-order valence-corrected chi connectivity index (χ1v) is 12.1. The SMILES string of the molecule is CCNC(=NCCOC1CCCCCC1)NC1CCCC(S(=O)CC)C1.I. The van der Waals surface area contributed by atoms with E-state index in [4.69, 9.17) is 9.73 Å². The Labute approximate surface area is 185 Å². The van der Waals surface area contributed by atoms with E-state index in [1.165, 1.54) is 38.5 Å². The average Bonchev–Trinajstić information content (AvgIpc) is 2.93. The number of rotatable bonds is 8. The van der Waals surface area contributed by atoms with Crippen molar-refractivity contribution in [2.24, 2.45) is 4.99 Å². The van der Waals surface area contributed by atoms with E-state index >= 15 is 0 Å². The first kappa shape index (κ1) is 25.1. The van der Waals surface area contributed by atoms with E-state index in [9.17, 15) is 4.21 Å². The molecule has 2 saturated carbocycles. The minimum absolute atomic E-state index is 0. The molecule has 7 heteroatoms. The maximum absolute atomic E-state index is 12.1. The molecule has 27 heavy (non-hydrogen) atoms. The van der Waals surface area contributed by atoms with Crippen molar-refractivity contribution < 1.29 is 8.95 Å². The van der Waals surface area contributed by atoms with Crippen LogP contribution in [0.25, 0.3) is 0 Å². The van der Waals surface area contributed by atoms with Crippen LogP contribution in [0.5, 0.6) is 0 Å². The van der Waals surface area contributed by atoms with Crippen LogP contribution in [0.2, 0.25) is 0 Å². The second kappa shape index (κ2) is 15.0. The van der Waals surface area contributed by atoms with Crippen LogP contribution >= 0.6 is 24.0 Å². The number of hydrogen-bond donors (Lipinski definition) is 2. The Morgan fingerprint density at radius 2 is 1.81 bits per heavy atom. The highest BCUT2D eigenvalue weighted by atomic mass is 127. The van der Waals surface area contributed by atoms with Gasteiger partial charge in [-0.3, -0.25) is 9.20 Å². The Hall–Kier alpha value is 0.110. The quantitative estimate of drug-likeness (QED) is 0.170. The summed E-state index contributed by atoms with van der Waals surface area (Å²) in [5.41, 5.74) is 0. The summed E-state index contributed by atoms with van der Waals surface area (Å²) in [5, 5.41) is 7.25. The van der Waals surface area contributed by atoms with Gasteiger partial charge in [-0.15, -0.1) is 24.0 Å². The fourth-order valence-corrected chi connectivity index (χ4v) is 5.40.